The minimum Gasteiger partial charge on any atom is -0.340 e. The van der Waals surface area contributed by atoms with Gasteiger partial charge in [0.2, 0.25) is 5.78 Å². The average Bonchev–Trinajstić information content (AvgIpc) is 2.86. The van der Waals surface area contributed by atoms with E-state index >= 15 is 0 Å². The normalized spacial score (nSPS) is 16.8. The molecule has 1 aliphatic heterocycles. The molecule has 0 bridgehead atoms. The van der Waals surface area contributed by atoms with Crippen molar-refractivity contribution in [2.24, 2.45) is 0 Å². The van der Waals surface area contributed by atoms with Crippen LogP contribution in [0.1, 0.15) is 16.1 Å². The fourth-order valence-corrected chi connectivity index (χ4v) is 2.04. The van der Waals surface area contributed by atoms with Crippen molar-refractivity contribution in [3.63, 3.8) is 0 Å². The Bertz CT molecular complexity index is 563. The molecule has 16 heavy (non-hydrogen) atoms. The summed E-state index contributed by atoms with van der Waals surface area (Å²) >= 11 is 0. The minimum absolute atomic E-state index is 0.147. The zero-order valence-electron chi connectivity index (χ0n) is 8.76. The fraction of sp³-hybridized carbons (Fsp3) is 0.0714. The highest BCUT2D eigenvalue weighted by Gasteiger charge is 2.23. The topological polar surface area (TPSA) is 22.0 Å². The van der Waals surface area contributed by atoms with Gasteiger partial charge in [-0.1, -0.05) is 30.3 Å². The molecule has 0 unspecified atom stereocenters. The summed E-state index contributed by atoms with van der Waals surface area (Å²) in [7, 11) is 0. The molecule has 2 aromatic rings. The van der Waals surface area contributed by atoms with Gasteiger partial charge in [-0.3, -0.25) is 4.79 Å². The highest BCUT2D eigenvalue weighted by atomic mass is 16.1. The van der Waals surface area contributed by atoms with Gasteiger partial charge in [-0.25, -0.2) is 0 Å². The fourth-order valence-electron chi connectivity index (χ4n) is 2.04. The summed E-state index contributed by atoms with van der Waals surface area (Å²) in [5.74, 6) is 0.147. The Labute approximate surface area is 93.8 Å². The first-order chi connectivity index (χ1) is 7.84. The lowest BCUT2D eigenvalue weighted by atomic mass is 10.1. The first-order valence-electron chi connectivity index (χ1n) is 5.30. The molecule has 2 heteroatoms. The van der Waals surface area contributed by atoms with Gasteiger partial charge in [0.1, 0.15) is 0 Å². The first kappa shape index (κ1) is 9.16. The van der Waals surface area contributed by atoms with Gasteiger partial charge in [-0.05, 0) is 23.8 Å². The van der Waals surface area contributed by atoms with Gasteiger partial charge >= 0.3 is 0 Å². The number of fused-ring (bicyclic) bond motifs is 1. The monoisotopic (exact) mass is 209 g/mol. The van der Waals surface area contributed by atoms with Crippen molar-refractivity contribution in [1.82, 2.24) is 4.57 Å². The molecule has 2 nitrogen and oxygen atoms in total. The second-order valence-corrected chi connectivity index (χ2v) is 3.93. The molecule has 0 radical (unpaired) electrons. The Kier molecular flexibility index (Phi) is 2.00. The van der Waals surface area contributed by atoms with Crippen LogP contribution in [0.25, 0.3) is 6.08 Å². The average molecular weight is 209 g/mol. The van der Waals surface area contributed by atoms with Crippen molar-refractivity contribution in [3.05, 3.63) is 65.5 Å². The summed E-state index contributed by atoms with van der Waals surface area (Å²) < 4.78 is 1.98. The lowest BCUT2D eigenvalue weighted by Crippen LogP contribution is -1.94. The number of ketones is 1. The van der Waals surface area contributed by atoms with E-state index in [4.69, 9.17) is 0 Å². The highest BCUT2D eigenvalue weighted by molar-refractivity contribution is 6.12. The number of aromatic nitrogens is 1. The van der Waals surface area contributed by atoms with Crippen LogP contribution in [0, 0.1) is 0 Å². The summed E-state index contributed by atoms with van der Waals surface area (Å²) in [6.45, 7) is 0.691. The van der Waals surface area contributed by atoms with E-state index < -0.39 is 0 Å². The molecule has 0 aliphatic carbocycles. The van der Waals surface area contributed by atoms with Crippen LogP contribution in [0.5, 0.6) is 0 Å². The maximum Gasteiger partial charge on any atom is 0.207 e. The van der Waals surface area contributed by atoms with Crippen molar-refractivity contribution in [2.75, 3.05) is 0 Å². The minimum atomic E-state index is 0.147. The first-order valence-corrected chi connectivity index (χ1v) is 5.30. The molecule has 78 valence electrons. The zero-order chi connectivity index (χ0) is 11.0. The van der Waals surface area contributed by atoms with Crippen LogP contribution < -0.4 is 0 Å². The number of benzene rings is 1. The Morgan fingerprint density at radius 3 is 2.62 bits per heavy atom. The number of carbonyl (C=O) groups excluding carboxylic acids is 1. The summed E-state index contributed by atoms with van der Waals surface area (Å²) in [5, 5.41) is 0. The molecule has 2 heterocycles. The molecule has 0 saturated carbocycles. The number of rotatable bonds is 1. The summed E-state index contributed by atoms with van der Waals surface area (Å²) in [6.07, 6.45) is 3.91. The number of Topliss-reactive ketones (excluding diaryl/α,β-unsaturated/α-hetero) is 1. The van der Waals surface area contributed by atoms with Crippen LogP contribution in [0.15, 0.2) is 54.2 Å². The third kappa shape index (κ3) is 1.39. The van der Waals surface area contributed by atoms with Crippen LogP contribution in [0.3, 0.4) is 0 Å². The van der Waals surface area contributed by atoms with E-state index in [9.17, 15) is 4.79 Å². The number of allylic oxidation sites excluding steroid dienone is 1. The van der Waals surface area contributed by atoms with E-state index in [1.54, 1.807) is 0 Å². The van der Waals surface area contributed by atoms with Crippen molar-refractivity contribution in [1.29, 1.82) is 0 Å². The van der Waals surface area contributed by atoms with Crippen molar-refractivity contribution < 1.29 is 4.79 Å². The SMILES string of the molecule is O=C1C(=Cc2ccccc2)Cn2cccc21. The van der Waals surface area contributed by atoms with Gasteiger partial charge in [-0.2, -0.15) is 0 Å². The molecular formula is C14H11NO. The van der Waals surface area contributed by atoms with Gasteiger partial charge in [-0.15, -0.1) is 0 Å². The van der Waals surface area contributed by atoms with Crippen LogP contribution in [0.2, 0.25) is 0 Å². The molecule has 0 saturated heterocycles. The van der Waals surface area contributed by atoms with Gasteiger partial charge < -0.3 is 4.57 Å². The van der Waals surface area contributed by atoms with Gasteiger partial charge in [0.15, 0.2) is 0 Å². The van der Waals surface area contributed by atoms with Crippen molar-refractivity contribution >= 4 is 11.9 Å². The third-order valence-electron chi connectivity index (χ3n) is 2.83. The Hall–Kier alpha value is -2.09. The Balaban J connectivity index is 1.98. The lowest BCUT2D eigenvalue weighted by Gasteiger charge is -1.96. The lowest BCUT2D eigenvalue weighted by molar-refractivity contribution is 0.103. The molecule has 1 aliphatic rings. The zero-order valence-corrected chi connectivity index (χ0v) is 8.76. The molecule has 0 spiro atoms. The Morgan fingerprint density at radius 2 is 1.88 bits per heavy atom. The van der Waals surface area contributed by atoms with E-state index in [-0.39, 0.29) is 5.78 Å². The van der Waals surface area contributed by atoms with Crippen LogP contribution in [-0.2, 0) is 6.54 Å². The molecule has 1 aromatic heterocycles. The number of hydrogen-bond donors (Lipinski definition) is 0. The van der Waals surface area contributed by atoms with Gasteiger partial charge in [0.25, 0.3) is 0 Å². The van der Waals surface area contributed by atoms with E-state index in [1.807, 2.05) is 59.3 Å². The Morgan fingerprint density at radius 1 is 1.06 bits per heavy atom. The third-order valence-corrected chi connectivity index (χ3v) is 2.83. The largest absolute Gasteiger partial charge is 0.340 e. The maximum atomic E-state index is 12.0. The molecule has 0 amide bonds. The summed E-state index contributed by atoms with van der Waals surface area (Å²) in [6, 6.07) is 13.7. The van der Waals surface area contributed by atoms with Crippen LogP contribution in [0.4, 0.5) is 0 Å². The summed E-state index contributed by atoms with van der Waals surface area (Å²) in [4.78, 5) is 12.0. The number of hydrogen-bond acceptors (Lipinski definition) is 1. The molecule has 0 N–H and O–H groups in total. The molecule has 1 aromatic carbocycles. The maximum absolute atomic E-state index is 12.0. The van der Waals surface area contributed by atoms with E-state index in [1.165, 1.54) is 0 Å². The highest BCUT2D eigenvalue weighted by Crippen LogP contribution is 2.22. The molecule has 3 rings (SSSR count). The molecule has 0 atom stereocenters. The van der Waals surface area contributed by atoms with E-state index in [0.29, 0.717) is 6.54 Å². The quantitative estimate of drug-likeness (QED) is 0.662. The van der Waals surface area contributed by atoms with Crippen LogP contribution in [-0.4, -0.2) is 10.4 Å². The predicted octanol–water partition coefficient (Wildman–Crippen LogP) is 2.77. The predicted molar refractivity (Wildman–Crippen MR) is 63.2 cm³/mol. The smallest absolute Gasteiger partial charge is 0.207 e. The molecule has 0 fully saturated rings. The van der Waals surface area contributed by atoms with Crippen molar-refractivity contribution in [3.8, 4) is 0 Å². The number of nitrogens with zero attached hydrogens (tertiary/aromatic N) is 1. The summed E-state index contributed by atoms with van der Waals surface area (Å²) in [5.41, 5.74) is 2.74. The standard InChI is InChI=1S/C14H11NO/c16-14-12(9-11-5-2-1-3-6-11)10-15-8-4-7-13(14)15/h1-9H,10H2. The second kappa shape index (κ2) is 3.49. The van der Waals surface area contributed by atoms with Gasteiger partial charge in [0.05, 0.1) is 12.2 Å². The second-order valence-electron chi connectivity index (χ2n) is 3.93. The van der Waals surface area contributed by atoms with Gasteiger partial charge in [0, 0.05) is 11.8 Å². The van der Waals surface area contributed by atoms with Crippen LogP contribution >= 0.6 is 0 Å². The van der Waals surface area contributed by atoms with E-state index in [0.717, 1.165) is 16.8 Å². The number of carbonyl (C=O) groups is 1. The van der Waals surface area contributed by atoms with Crippen molar-refractivity contribution in [2.45, 2.75) is 6.54 Å². The van der Waals surface area contributed by atoms with E-state index in [2.05, 4.69) is 0 Å². The molecular weight excluding hydrogens is 198 g/mol.